The van der Waals surface area contributed by atoms with Crippen LogP contribution in [-0.4, -0.2) is 58.5 Å². The highest BCUT2D eigenvalue weighted by molar-refractivity contribution is 7.89. The fourth-order valence-electron chi connectivity index (χ4n) is 3.66. The molecule has 8 heteroatoms. The van der Waals surface area contributed by atoms with Crippen molar-refractivity contribution >= 4 is 45.1 Å². The van der Waals surface area contributed by atoms with Gasteiger partial charge in [-0.25, -0.2) is 8.42 Å². The summed E-state index contributed by atoms with van der Waals surface area (Å²) in [6.07, 6.45) is 6.02. The molecule has 0 unspecified atom stereocenters. The lowest BCUT2D eigenvalue weighted by Gasteiger charge is -2.39. The Bertz CT molecular complexity index is 756. The molecule has 0 radical (unpaired) electrons. The summed E-state index contributed by atoms with van der Waals surface area (Å²) in [4.78, 5) is 4.79. The van der Waals surface area contributed by atoms with Gasteiger partial charge in [-0.1, -0.05) is 29.3 Å². The largest absolute Gasteiger partial charge is 0.368 e. The molecule has 144 valence electrons. The van der Waals surface area contributed by atoms with E-state index in [2.05, 4.69) is 14.2 Å². The third-order valence-corrected chi connectivity index (χ3v) is 6.55. The van der Waals surface area contributed by atoms with Crippen LogP contribution in [0.2, 0.25) is 10.0 Å². The Hall–Kier alpha value is -0.820. The summed E-state index contributed by atoms with van der Waals surface area (Å²) in [7, 11) is -3.24. The van der Waals surface area contributed by atoms with Crippen LogP contribution in [0.3, 0.4) is 0 Å². The minimum Gasteiger partial charge on any atom is -0.368 e. The van der Waals surface area contributed by atoms with Gasteiger partial charge in [0.15, 0.2) is 0 Å². The van der Waals surface area contributed by atoms with E-state index in [0.717, 1.165) is 57.5 Å². The molecular weight excluding hydrogens is 393 g/mol. The molecule has 2 fully saturated rings. The average molecular weight is 418 g/mol. The Morgan fingerprint density at radius 3 is 2.54 bits per heavy atom. The molecule has 1 aromatic rings. The smallest absolute Gasteiger partial charge is 0.249 e. The summed E-state index contributed by atoms with van der Waals surface area (Å²) < 4.78 is 25.7. The first-order valence-corrected chi connectivity index (χ1v) is 11.6. The summed E-state index contributed by atoms with van der Waals surface area (Å²) in [5.74, 6) is 1.02. The molecule has 1 aliphatic heterocycles. The predicted molar refractivity (Wildman–Crippen MR) is 109 cm³/mol. The van der Waals surface area contributed by atoms with Crippen molar-refractivity contribution in [2.24, 2.45) is 16.2 Å². The Kier molecular flexibility index (Phi) is 6.49. The molecule has 0 N–H and O–H groups in total. The fourth-order valence-corrected chi connectivity index (χ4v) is 4.46. The van der Waals surface area contributed by atoms with Crippen molar-refractivity contribution < 1.29 is 8.42 Å². The average Bonchev–Trinajstić information content (AvgIpc) is 2.55. The number of rotatable bonds is 6. The van der Waals surface area contributed by atoms with Crippen LogP contribution < -0.4 is 4.90 Å². The zero-order valence-electron chi connectivity index (χ0n) is 14.9. The summed E-state index contributed by atoms with van der Waals surface area (Å²) in [5, 5.41) is 1.24. The van der Waals surface area contributed by atoms with Crippen LogP contribution in [-0.2, 0) is 10.0 Å². The van der Waals surface area contributed by atoms with Gasteiger partial charge in [0.05, 0.1) is 22.0 Å². The van der Waals surface area contributed by atoms with Gasteiger partial charge in [0, 0.05) is 32.4 Å². The van der Waals surface area contributed by atoms with Gasteiger partial charge in [-0.3, -0.25) is 4.90 Å². The van der Waals surface area contributed by atoms with E-state index in [1.807, 2.05) is 18.2 Å². The number of piperazine rings is 1. The number of hydrogen-bond acceptors (Lipinski definition) is 4. The van der Waals surface area contributed by atoms with Crippen LogP contribution >= 0.6 is 23.2 Å². The second-order valence-corrected chi connectivity index (χ2v) is 9.74. The van der Waals surface area contributed by atoms with E-state index in [9.17, 15) is 8.42 Å². The molecule has 3 rings (SSSR count). The van der Waals surface area contributed by atoms with Gasteiger partial charge in [-0.15, -0.1) is 0 Å². The second kappa shape index (κ2) is 8.46. The molecule has 1 saturated carbocycles. The van der Waals surface area contributed by atoms with Gasteiger partial charge in [-0.05, 0) is 49.8 Å². The highest BCUT2D eigenvalue weighted by Gasteiger charge is 2.29. The maximum atomic E-state index is 11.0. The van der Waals surface area contributed by atoms with Gasteiger partial charge >= 0.3 is 0 Å². The number of anilines is 1. The molecular formula is C18H25Cl2N3O2S. The van der Waals surface area contributed by atoms with Crippen LogP contribution in [0.4, 0.5) is 5.69 Å². The van der Waals surface area contributed by atoms with Crippen LogP contribution in [0.25, 0.3) is 0 Å². The van der Waals surface area contributed by atoms with E-state index in [1.165, 1.54) is 6.42 Å². The van der Waals surface area contributed by atoms with E-state index >= 15 is 0 Å². The SMILES string of the molecule is CS(=O)(=O)/N=C/C1CC(CCN2CCN(c3cccc(Cl)c3Cl)CC2)C1. The monoisotopic (exact) mass is 417 g/mol. The molecule has 0 atom stereocenters. The third kappa shape index (κ3) is 5.35. The molecule has 1 saturated heterocycles. The van der Waals surface area contributed by atoms with Crippen LogP contribution in [0.15, 0.2) is 22.6 Å². The van der Waals surface area contributed by atoms with E-state index in [0.29, 0.717) is 21.9 Å². The summed E-state index contributed by atoms with van der Waals surface area (Å²) in [6, 6.07) is 5.78. The van der Waals surface area contributed by atoms with Crippen molar-refractivity contribution in [3.63, 3.8) is 0 Å². The zero-order chi connectivity index (χ0) is 18.7. The summed E-state index contributed by atoms with van der Waals surface area (Å²) in [5.41, 5.74) is 1.02. The molecule has 0 bridgehead atoms. The topological polar surface area (TPSA) is 53.0 Å². The quantitative estimate of drug-likeness (QED) is 0.663. The first-order chi connectivity index (χ1) is 12.3. The Balaban J connectivity index is 1.38. The predicted octanol–water partition coefficient (Wildman–Crippen LogP) is 3.56. The number of nitrogens with zero attached hydrogens (tertiary/aromatic N) is 3. The van der Waals surface area contributed by atoms with Crippen LogP contribution in [0.5, 0.6) is 0 Å². The first kappa shape index (κ1) is 19.9. The van der Waals surface area contributed by atoms with E-state index < -0.39 is 10.0 Å². The molecule has 2 aliphatic rings. The standard InChI is InChI=1S/C18H25Cl2N3O2S/c1-26(24,25)21-13-15-11-14(12-15)5-6-22-7-9-23(10-8-22)17-4-2-3-16(19)18(17)20/h2-4,13-15H,5-12H2,1H3/b21-13+. The van der Waals surface area contributed by atoms with Gasteiger partial charge in [0.2, 0.25) is 10.0 Å². The van der Waals surface area contributed by atoms with Crippen molar-refractivity contribution in [1.82, 2.24) is 4.90 Å². The lowest BCUT2D eigenvalue weighted by molar-refractivity contribution is 0.186. The summed E-state index contributed by atoms with van der Waals surface area (Å²) >= 11 is 12.4. The second-order valence-electron chi connectivity index (χ2n) is 7.28. The Morgan fingerprint density at radius 1 is 1.19 bits per heavy atom. The molecule has 1 aromatic carbocycles. The zero-order valence-corrected chi connectivity index (χ0v) is 17.3. The molecule has 5 nitrogen and oxygen atoms in total. The van der Waals surface area contributed by atoms with Crippen molar-refractivity contribution in [1.29, 1.82) is 0 Å². The van der Waals surface area contributed by atoms with E-state index in [4.69, 9.17) is 23.2 Å². The van der Waals surface area contributed by atoms with Gasteiger partial charge < -0.3 is 4.90 Å². The van der Waals surface area contributed by atoms with E-state index in [-0.39, 0.29) is 0 Å². The van der Waals surface area contributed by atoms with Crippen LogP contribution in [0, 0.1) is 11.8 Å². The molecule has 1 heterocycles. The molecule has 0 aromatic heterocycles. The summed E-state index contributed by atoms with van der Waals surface area (Å²) in [6.45, 7) is 5.05. The number of benzene rings is 1. The highest BCUT2D eigenvalue weighted by atomic mass is 35.5. The Labute approximate surface area is 166 Å². The van der Waals surface area contributed by atoms with E-state index in [1.54, 1.807) is 6.21 Å². The maximum Gasteiger partial charge on any atom is 0.249 e. The number of halogens is 2. The molecule has 1 aliphatic carbocycles. The molecule has 0 amide bonds. The minimum absolute atomic E-state index is 0.330. The molecule has 0 spiro atoms. The van der Waals surface area contributed by atoms with Gasteiger partial charge in [0.1, 0.15) is 0 Å². The number of hydrogen-bond donors (Lipinski definition) is 0. The minimum atomic E-state index is -3.24. The van der Waals surface area contributed by atoms with Gasteiger partial charge in [0.25, 0.3) is 0 Å². The van der Waals surface area contributed by atoms with Crippen LogP contribution in [0.1, 0.15) is 19.3 Å². The maximum absolute atomic E-state index is 11.0. The van der Waals surface area contributed by atoms with Gasteiger partial charge in [-0.2, -0.15) is 4.40 Å². The number of sulfonamides is 1. The highest BCUT2D eigenvalue weighted by Crippen LogP contribution is 2.36. The molecule has 26 heavy (non-hydrogen) atoms. The lowest BCUT2D eigenvalue weighted by atomic mass is 9.74. The lowest BCUT2D eigenvalue weighted by Crippen LogP contribution is -2.47. The van der Waals surface area contributed by atoms with Crippen molar-refractivity contribution in [3.05, 3.63) is 28.2 Å². The Morgan fingerprint density at radius 2 is 1.88 bits per heavy atom. The van der Waals surface area contributed by atoms with Crippen molar-refractivity contribution in [2.45, 2.75) is 19.3 Å². The van der Waals surface area contributed by atoms with Crippen molar-refractivity contribution in [3.8, 4) is 0 Å². The third-order valence-electron chi connectivity index (χ3n) is 5.23. The fraction of sp³-hybridized carbons (Fsp3) is 0.611. The van der Waals surface area contributed by atoms with Crippen molar-refractivity contribution in [2.75, 3.05) is 43.9 Å². The normalized spacial score (nSPS) is 24.8. The first-order valence-electron chi connectivity index (χ1n) is 8.98.